The molecule has 0 bridgehead atoms. The molecule has 3 aromatic carbocycles. The number of hydrogen-bond donors (Lipinski definition) is 0. The lowest BCUT2D eigenvalue weighted by Gasteiger charge is -2.23. The Bertz CT molecular complexity index is 869. The number of aryl methyl sites for hydroxylation is 3. The second kappa shape index (κ2) is 12.2. The molecule has 29 heavy (non-hydrogen) atoms. The number of rotatable bonds is 7. The van der Waals surface area contributed by atoms with Crippen LogP contribution in [0.4, 0.5) is 0 Å². The van der Waals surface area contributed by atoms with Crippen LogP contribution in [0.25, 0.3) is 0 Å². The molecule has 0 radical (unpaired) electrons. The Morgan fingerprint density at radius 2 is 1.41 bits per heavy atom. The van der Waals surface area contributed by atoms with Crippen LogP contribution in [0.5, 0.6) is 0 Å². The SMILES string of the molecule is CC.Cc1cc(C)c(SN(CCc2cccc(Br)c2)Cc2ccccc2)c(C)c1. The fourth-order valence-corrected chi connectivity index (χ4v) is 4.84. The fourth-order valence-electron chi connectivity index (χ4n) is 3.33. The van der Waals surface area contributed by atoms with Crippen molar-refractivity contribution < 1.29 is 0 Å². The van der Waals surface area contributed by atoms with E-state index in [1.54, 1.807) is 0 Å². The Balaban J connectivity index is 0.00000145. The van der Waals surface area contributed by atoms with Crippen molar-refractivity contribution in [1.82, 2.24) is 4.31 Å². The first-order valence-electron chi connectivity index (χ1n) is 10.3. The monoisotopic (exact) mass is 469 g/mol. The maximum Gasteiger partial charge on any atom is 0.0344 e. The van der Waals surface area contributed by atoms with E-state index in [0.29, 0.717) is 0 Å². The zero-order valence-corrected chi connectivity index (χ0v) is 20.6. The van der Waals surface area contributed by atoms with Crippen molar-refractivity contribution in [2.75, 3.05) is 6.54 Å². The molecule has 0 aliphatic carbocycles. The lowest BCUT2D eigenvalue weighted by molar-refractivity contribution is 0.470. The molecule has 1 nitrogen and oxygen atoms in total. The van der Waals surface area contributed by atoms with Gasteiger partial charge in [-0.25, -0.2) is 4.31 Å². The molecule has 0 aromatic heterocycles. The van der Waals surface area contributed by atoms with E-state index in [4.69, 9.17) is 0 Å². The Morgan fingerprint density at radius 1 is 0.793 bits per heavy atom. The van der Waals surface area contributed by atoms with Crippen LogP contribution in [0, 0.1) is 20.8 Å². The quantitative estimate of drug-likeness (QED) is 0.321. The summed E-state index contributed by atoms with van der Waals surface area (Å²) < 4.78 is 3.63. The summed E-state index contributed by atoms with van der Waals surface area (Å²) in [5, 5.41) is 0. The van der Waals surface area contributed by atoms with Crippen LogP contribution in [0.15, 0.2) is 76.1 Å². The second-order valence-electron chi connectivity index (χ2n) is 7.05. The van der Waals surface area contributed by atoms with Crippen molar-refractivity contribution in [2.24, 2.45) is 0 Å². The number of hydrogen-bond acceptors (Lipinski definition) is 2. The van der Waals surface area contributed by atoms with Crippen molar-refractivity contribution in [2.45, 2.75) is 52.5 Å². The van der Waals surface area contributed by atoms with Gasteiger partial charge in [-0.2, -0.15) is 0 Å². The van der Waals surface area contributed by atoms with Crippen molar-refractivity contribution >= 4 is 27.9 Å². The van der Waals surface area contributed by atoms with E-state index < -0.39 is 0 Å². The molecular formula is C26H32BrNS. The Kier molecular flexibility index (Phi) is 9.99. The van der Waals surface area contributed by atoms with E-state index in [9.17, 15) is 0 Å². The predicted octanol–water partition coefficient (Wildman–Crippen LogP) is 8.15. The molecule has 0 N–H and O–H groups in total. The zero-order chi connectivity index (χ0) is 21.2. The summed E-state index contributed by atoms with van der Waals surface area (Å²) in [5.41, 5.74) is 6.76. The van der Waals surface area contributed by atoms with Gasteiger partial charge in [0.1, 0.15) is 0 Å². The average Bonchev–Trinajstić information content (AvgIpc) is 2.71. The van der Waals surface area contributed by atoms with E-state index in [0.717, 1.165) is 24.0 Å². The van der Waals surface area contributed by atoms with Crippen molar-refractivity contribution in [3.63, 3.8) is 0 Å². The van der Waals surface area contributed by atoms with E-state index in [1.165, 1.54) is 32.7 Å². The molecule has 3 heteroatoms. The van der Waals surface area contributed by atoms with Gasteiger partial charge < -0.3 is 0 Å². The van der Waals surface area contributed by atoms with Gasteiger partial charge >= 0.3 is 0 Å². The lowest BCUT2D eigenvalue weighted by atomic mass is 10.1. The Morgan fingerprint density at radius 3 is 2.03 bits per heavy atom. The van der Waals surface area contributed by atoms with Gasteiger partial charge in [-0.15, -0.1) is 0 Å². The first-order valence-corrected chi connectivity index (χ1v) is 11.9. The topological polar surface area (TPSA) is 3.24 Å². The standard InChI is InChI=1S/C24H26BrNS.C2H6/c1-18-14-19(2)24(20(3)15-18)27-26(17-22-8-5-4-6-9-22)13-12-21-10-7-11-23(25)16-21;1-2/h4-11,14-16H,12-13,17H2,1-3H3;1-2H3. The average molecular weight is 471 g/mol. The Hall–Kier alpha value is -1.55. The highest BCUT2D eigenvalue weighted by Crippen LogP contribution is 2.31. The zero-order valence-electron chi connectivity index (χ0n) is 18.2. The second-order valence-corrected chi connectivity index (χ2v) is 9.07. The largest absolute Gasteiger partial charge is 0.242 e. The van der Waals surface area contributed by atoms with E-state index in [1.807, 2.05) is 25.8 Å². The van der Waals surface area contributed by atoms with Gasteiger partial charge in [-0.3, -0.25) is 0 Å². The van der Waals surface area contributed by atoms with Gasteiger partial charge in [-0.1, -0.05) is 89.9 Å². The highest BCUT2D eigenvalue weighted by Gasteiger charge is 2.13. The van der Waals surface area contributed by atoms with Gasteiger partial charge in [0.05, 0.1) is 0 Å². The molecular weight excluding hydrogens is 438 g/mol. The lowest BCUT2D eigenvalue weighted by Crippen LogP contribution is -2.19. The molecule has 0 fully saturated rings. The molecule has 0 saturated heterocycles. The third kappa shape index (κ3) is 7.65. The molecule has 3 rings (SSSR count). The third-order valence-corrected chi connectivity index (χ3v) is 6.46. The van der Waals surface area contributed by atoms with Gasteiger partial charge in [0, 0.05) is 22.5 Å². The molecule has 0 heterocycles. The van der Waals surface area contributed by atoms with Gasteiger partial charge in [0.25, 0.3) is 0 Å². The summed E-state index contributed by atoms with van der Waals surface area (Å²) in [6.07, 6.45) is 1.03. The molecule has 0 aliphatic rings. The maximum absolute atomic E-state index is 3.58. The summed E-state index contributed by atoms with van der Waals surface area (Å²) in [5.74, 6) is 0. The normalized spacial score (nSPS) is 10.6. The van der Waals surface area contributed by atoms with Crippen LogP contribution in [-0.4, -0.2) is 10.8 Å². The minimum Gasteiger partial charge on any atom is -0.242 e. The Labute approximate surface area is 189 Å². The molecule has 0 atom stereocenters. The molecule has 0 saturated carbocycles. The van der Waals surface area contributed by atoms with E-state index in [2.05, 4.69) is 108 Å². The van der Waals surface area contributed by atoms with Crippen LogP contribution in [0.3, 0.4) is 0 Å². The highest BCUT2D eigenvalue weighted by molar-refractivity contribution is 9.10. The van der Waals surface area contributed by atoms with E-state index >= 15 is 0 Å². The first-order chi connectivity index (χ1) is 14.0. The van der Waals surface area contributed by atoms with Gasteiger partial charge in [0.15, 0.2) is 0 Å². The van der Waals surface area contributed by atoms with E-state index in [-0.39, 0.29) is 0 Å². The number of nitrogens with zero attached hydrogens (tertiary/aromatic N) is 1. The number of halogens is 1. The summed E-state index contributed by atoms with van der Waals surface area (Å²) in [6.45, 7) is 12.5. The summed E-state index contributed by atoms with van der Waals surface area (Å²) in [7, 11) is 0. The molecule has 0 amide bonds. The highest BCUT2D eigenvalue weighted by atomic mass is 79.9. The molecule has 0 unspecified atom stereocenters. The van der Waals surface area contributed by atoms with Gasteiger partial charge in [-0.05, 0) is 73.5 Å². The first kappa shape index (κ1) is 23.7. The van der Waals surface area contributed by atoms with Crippen LogP contribution in [-0.2, 0) is 13.0 Å². The van der Waals surface area contributed by atoms with Crippen LogP contribution >= 0.6 is 27.9 Å². The van der Waals surface area contributed by atoms with Crippen LogP contribution in [0.1, 0.15) is 41.7 Å². The summed E-state index contributed by atoms with van der Waals surface area (Å²) in [6, 6.07) is 23.9. The minimum atomic E-state index is 0.937. The minimum absolute atomic E-state index is 0.937. The van der Waals surface area contributed by atoms with Crippen molar-refractivity contribution in [3.05, 3.63) is 99.0 Å². The van der Waals surface area contributed by atoms with Crippen LogP contribution < -0.4 is 0 Å². The molecule has 154 valence electrons. The third-order valence-electron chi connectivity index (χ3n) is 4.57. The van der Waals surface area contributed by atoms with Crippen molar-refractivity contribution in [3.8, 4) is 0 Å². The number of benzene rings is 3. The van der Waals surface area contributed by atoms with Crippen LogP contribution in [0.2, 0.25) is 0 Å². The summed E-state index contributed by atoms with van der Waals surface area (Å²) >= 11 is 5.47. The maximum atomic E-state index is 3.58. The smallest absolute Gasteiger partial charge is 0.0344 e. The predicted molar refractivity (Wildman–Crippen MR) is 133 cm³/mol. The van der Waals surface area contributed by atoms with Gasteiger partial charge in [0.2, 0.25) is 0 Å². The fraction of sp³-hybridized carbons (Fsp3) is 0.308. The molecule has 0 aliphatic heterocycles. The molecule has 0 spiro atoms. The molecule has 3 aromatic rings. The summed E-state index contributed by atoms with van der Waals surface area (Å²) in [4.78, 5) is 1.38. The van der Waals surface area contributed by atoms with Crippen molar-refractivity contribution in [1.29, 1.82) is 0 Å².